The molecule has 4 rings (SSSR count). The van der Waals surface area contributed by atoms with Crippen molar-refractivity contribution in [1.29, 1.82) is 0 Å². The van der Waals surface area contributed by atoms with Gasteiger partial charge in [-0.2, -0.15) is 8.78 Å². The molecule has 2 heterocycles. The van der Waals surface area contributed by atoms with E-state index in [0.29, 0.717) is 43.6 Å². The van der Waals surface area contributed by atoms with Crippen molar-refractivity contribution in [3.63, 3.8) is 0 Å². The van der Waals surface area contributed by atoms with Crippen LogP contribution in [0, 0.1) is 5.92 Å². The van der Waals surface area contributed by atoms with Crippen LogP contribution in [0.4, 0.5) is 14.5 Å². The van der Waals surface area contributed by atoms with Gasteiger partial charge in [0, 0.05) is 36.7 Å². The van der Waals surface area contributed by atoms with E-state index in [1.54, 1.807) is 29.2 Å². The van der Waals surface area contributed by atoms with Gasteiger partial charge in [0.15, 0.2) is 5.76 Å². The number of likely N-dealkylation sites (tertiary alicyclic amines) is 1. The molecule has 1 N–H and O–H groups in total. The maximum Gasteiger partial charge on any atom is 0.387 e. The topological polar surface area (TPSA) is 71.8 Å². The number of hydrogen-bond donors (Lipinski definition) is 1. The lowest BCUT2D eigenvalue weighted by atomic mass is 9.95. The van der Waals surface area contributed by atoms with Crippen LogP contribution >= 0.6 is 0 Å². The molecule has 0 saturated carbocycles. The molecule has 1 aliphatic heterocycles. The predicted molar refractivity (Wildman–Crippen MR) is 118 cm³/mol. The van der Waals surface area contributed by atoms with Crippen LogP contribution in [-0.2, 0) is 11.2 Å². The lowest BCUT2D eigenvalue weighted by Gasteiger charge is -2.30. The van der Waals surface area contributed by atoms with Crippen molar-refractivity contribution in [3.05, 3.63) is 83.8 Å². The summed E-state index contributed by atoms with van der Waals surface area (Å²) in [5, 5.41) is 2.89. The number of amides is 2. The number of halogens is 2. The minimum atomic E-state index is -2.94. The maximum atomic E-state index is 12.8. The van der Waals surface area contributed by atoms with E-state index < -0.39 is 6.61 Å². The number of anilines is 1. The van der Waals surface area contributed by atoms with Gasteiger partial charge in [-0.1, -0.05) is 30.3 Å². The number of nitrogens with zero attached hydrogens (tertiary/aromatic N) is 1. The molecule has 1 fully saturated rings. The molecular weight excluding hydrogens is 430 g/mol. The molecule has 2 aromatic carbocycles. The summed E-state index contributed by atoms with van der Waals surface area (Å²) in [4.78, 5) is 26.9. The zero-order valence-electron chi connectivity index (χ0n) is 17.9. The van der Waals surface area contributed by atoms with Gasteiger partial charge >= 0.3 is 6.61 Å². The second-order valence-corrected chi connectivity index (χ2v) is 7.90. The first-order valence-electron chi connectivity index (χ1n) is 10.7. The molecule has 0 aliphatic carbocycles. The summed E-state index contributed by atoms with van der Waals surface area (Å²) in [6, 6.07) is 17.4. The number of carbonyl (C=O) groups excluding carboxylic acids is 2. The van der Waals surface area contributed by atoms with Gasteiger partial charge in [0.1, 0.15) is 5.75 Å². The van der Waals surface area contributed by atoms with E-state index in [-0.39, 0.29) is 29.2 Å². The van der Waals surface area contributed by atoms with E-state index in [4.69, 9.17) is 4.42 Å². The Labute approximate surface area is 190 Å². The van der Waals surface area contributed by atoms with E-state index >= 15 is 0 Å². The van der Waals surface area contributed by atoms with Gasteiger partial charge in [0.2, 0.25) is 5.91 Å². The summed E-state index contributed by atoms with van der Waals surface area (Å²) in [5.41, 5.74) is 2.01. The zero-order chi connectivity index (χ0) is 23.2. The molecule has 2 amide bonds. The number of ether oxygens (including phenoxy) is 1. The number of hydrogen-bond acceptors (Lipinski definition) is 4. The first-order valence-corrected chi connectivity index (χ1v) is 10.7. The Kier molecular flexibility index (Phi) is 7.02. The fourth-order valence-corrected chi connectivity index (χ4v) is 3.97. The highest BCUT2D eigenvalue weighted by Gasteiger charge is 2.29. The fraction of sp³-hybridized carbons (Fsp3) is 0.280. The Bertz CT molecular complexity index is 1080. The average molecular weight is 454 g/mol. The molecule has 1 saturated heterocycles. The van der Waals surface area contributed by atoms with Crippen molar-refractivity contribution >= 4 is 17.5 Å². The van der Waals surface area contributed by atoms with Crippen LogP contribution < -0.4 is 10.1 Å². The van der Waals surface area contributed by atoms with Crippen LogP contribution in [0.25, 0.3) is 0 Å². The maximum absolute atomic E-state index is 12.8. The van der Waals surface area contributed by atoms with Crippen molar-refractivity contribution < 1.29 is 27.5 Å². The van der Waals surface area contributed by atoms with E-state index in [9.17, 15) is 18.4 Å². The summed E-state index contributed by atoms with van der Waals surface area (Å²) < 4.78 is 35.5. The van der Waals surface area contributed by atoms with Crippen molar-refractivity contribution in [3.8, 4) is 5.75 Å². The van der Waals surface area contributed by atoms with Gasteiger partial charge < -0.3 is 19.4 Å². The van der Waals surface area contributed by atoms with E-state index in [1.807, 2.05) is 30.3 Å². The van der Waals surface area contributed by atoms with Crippen molar-refractivity contribution in [2.75, 3.05) is 18.4 Å². The summed E-state index contributed by atoms with van der Waals surface area (Å²) in [5.74, 6) is -0.223. The van der Waals surface area contributed by atoms with Crippen LogP contribution in [0.5, 0.6) is 5.75 Å². The Hall–Kier alpha value is -3.68. The molecule has 3 aromatic rings. The summed E-state index contributed by atoms with van der Waals surface area (Å²) in [6.45, 7) is -2.02. The average Bonchev–Trinajstić information content (AvgIpc) is 3.36. The Morgan fingerprint density at radius 3 is 2.48 bits per heavy atom. The van der Waals surface area contributed by atoms with Crippen molar-refractivity contribution in [1.82, 2.24) is 4.90 Å². The van der Waals surface area contributed by atoms with Gasteiger partial charge in [-0.15, -0.1) is 0 Å². The number of alkyl halides is 2. The molecule has 172 valence electrons. The second kappa shape index (κ2) is 10.3. The van der Waals surface area contributed by atoms with Gasteiger partial charge in [-0.25, -0.2) is 0 Å². The third-order valence-corrected chi connectivity index (χ3v) is 5.67. The normalized spacial score (nSPS) is 14.3. The Morgan fingerprint density at radius 1 is 1.06 bits per heavy atom. The Balaban J connectivity index is 1.40. The molecule has 8 heteroatoms. The number of nitrogens with one attached hydrogen (secondary N) is 1. The van der Waals surface area contributed by atoms with Crippen LogP contribution in [0.2, 0.25) is 0 Å². The smallest absolute Gasteiger partial charge is 0.387 e. The summed E-state index contributed by atoms with van der Waals surface area (Å²) in [7, 11) is 0. The quantitative estimate of drug-likeness (QED) is 0.548. The lowest BCUT2D eigenvalue weighted by molar-refractivity contribution is -0.121. The molecule has 0 atom stereocenters. The molecule has 1 aliphatic rings. The molecule has 0 unspecified atom stereocenters. The highest BCUT2D eigenvalue weighted by atomic mass is 19.3. The second-order valence-electron chi connectivity index (χ2n) is 7.90. The van der Waals surface area contributed by atoms with Crippen LogP contribution in [0.1, 0.15) is 34.5 Å². The van der Waals surface area contributed by atoms with Crippen molar-refractivity contribution in [2.45, 2.75) is 25.9 Å². The molecule has 33 heavy (non-hydrogen) atoms. The third-order valence-electron chi connectivity index (χ3n) is 5.67. The molecule has 0 radical (unpaired) electrons. The first kappa shape index (κ1) is 22.5. The number of rotatable bonds is 7. The van der Waals surface area contributed by atoms with Crippen molar-refractivity contribution in [2.24, 2.45) is 5.92 Å². The highest BCUT2D eigenvalue weighted by Crippen LogP contribution is 2.28. The molecule has 6 nitrogen and oxygen atoms in total. The fourth-order valence-electron chi connectivity index (χ4n) is 3.97. The Morgan fingerprint density at radius 2 is 1.82 bits per heavy atom. The van der Waals surface area contributed by atoms with E-state index in [2.05, 4.69) is 10.1 Å². The minimum absolute atomic E-state index is 0.0802. The first-order chi connectivity index (χ1) is 16.0. The largest absolute Gasteiger partial charge is 0.459 e. The van der Waals surface area contributed by atoms with Crippen LogP contribution in [0.3, 0.4) is 0 Å². The standard InChI is InChI=1S/C25H24F2N2O4/c26-25(27)33-21-9-8-20(16-19(21)15-17-5-2-1-3-6-17)28-23(30)18-10-12-29(13-11-18)24(31)22-7-4-14-32-22/h1-9,14,16,18,25H,10-13,15H2,(H,28,30). The molecular formula is C25H24F2N2O4. The summed E-state index contributed by atoms with van der Waals surface area (Å²) in [6.07, 6.45) is 2.90. The van der Waals surface area contributed by atoms with Crippen LogP contribution in [-0.4, -0.2) is 36.4 Å². The minimum Gasteiger partial charge on any atom is -0.459 e. The molecule has 0 bridgehead atoms. The van der Waals surface area contributed by atoms with Gasteiger partial charge in [0.05, 0.1) is 6.26 Å². The van der Waals surface area contributed by atoms with Gasteiger partial charge in [-0.3, -0.25) is 9.59 Å². The monoisotopic (exact) mass is 454 g/mol. The van der Waals surface area contributed by atoms with Crippen LogP contribution in [0.15, 0.2) is 71.3 Å². The lowest BCUT2D eigenvalue weighted by Crippen LogP contribution is -2.41. The molecule has 1 aromatic heterocycles. The predicted octanol–water partition coefficient (Wildman–Crippen LogP) is 4.96. The SMILES string of the molecule is O=C(Nc1ccc(OC(F)F)c(Cc2ccccc2)c1)C1CCN(C(=O)c2ccco2)CC1. The highest BCUT2D eigenvalue weighted by molar-refractivity contribution is 5.94. The number of benzene rings is 2. The van der Waals surface area contributed by atoms with E-state index in [0.717, 1.165) is 5.56 Å². The number of piperidine rings is 1. The summed E-state index contributed by atoms with van der Waals surface area (Å²) >= 11 is 0. The van der Waals surface area contributed by atoms with Gasteiger partial charge in [0.25, 0.3) is 5.91 Å². The number of carbonyl (C=O) groups is 2. The van der Waals surface area contributed by atoms with Gasteiger partial charge in [-0.05, 0) is 48.7 Å². The molecule has 0 spiro atoms. The zero-order valence-corrected chi connectivity index (χ0v) is 17.9. The number of furan rings is 1. The van der Waals surface area contributed by atoms with E-state index in [1.165, 1.54) is 12.3 Å². The third kappa shape index (κ3) is 5.77.